The fourth-order valence-electron chi connectivity index (χ4n) is 5.89. The summed E-state index contributed by atoms with van der Waals surface area (Å²) in [5.41, 5.74) is 7.26. The lowest BCUT2D eigenvalue weighted by Crippen LogP contribution is -2.51. The summed E-state index contributed by atoms with van der Waals surface area (Å²) in [7, 11) is 0. The molecule has 172 valence electrons. The van der Waals surface area contributed by atoms with E-state index in [9.17, 15) is 4.79 Å². The molecular weight excluding hydrogens is 465 g/mol. The number of nitrogens with zero attached hydrogens (tertiary/aromatic N) is 1. The van der Waals surface area contributed by atoms with E-state index in [1.807, 2.05) is 23.1 Å². The van der Waals surface area contributed by atoms with Crippen LogP contribution in [0.15, 0.2) is 72.8 Å². The Balaban J connectivity index is 1.22. The van der Waals surface area contributed by atoms with Gasteiger partial charge >= 0.3 is 6.09 Å². The van der Waals surface area contributed by atoms with Crippen LogP contribution in [0.1, 0.15) is 48.3 Å². The summed E-state index contributed by atoms with van der Waals surface area (Å²) in [4.78, 5) is 15.3. The second-order valence-electron chi connectivity index (χ2n) is 9.39. The van der Waals surface area contributed by atoms with Crippen LogP contribution in [0.2, 0.25) is 10.0 Å². The lowest BCUT2D eigenvalue weighted by molar-refractivity contribution is 0.0539. The smallest absolute Gasteiger partial charge is 0.410 e. The minimum atomic E-state index is -0.207. The molecule has 2 atom stereocenters. The second kappa shape index (κ2) is 8.79. The summed E-state index contributed by atoms with van der Waals surface area (Å²) in [5, 5.41) is 1.12. The Labute approximate surface area is 209 Å². The first kappa shape index (κ1) is 21.8. The number of fused-ring (bicyclic) bond motifs is 5. The quantitative estimate of drug-likeness (QED) is 0.373. The van der Waals surface area contributed by atoms with Gasteiger partial charge in [0.05, 0.1) is 16.1 Å². The molecule has 1 saturated heterocycles. The van der Waals surface area contributed by atoms with Gasteiger partial charge in [-0.15, -0.1) is 0 Å². The Morgan fingerprint density at radius 1 is 0.912 bits per heavy atom. The predicted molar refractivity (Wildman–Crippen MR) is 137 cm³/mol. The van der Waals surface area contributed by atoms with Crippen molar-refractivity contribution in [3.8, 4) is 11.1 Å². The van der Waals surface area contributed by atoms with Crippen molar-refractivity contribution in [1.29, 1.82) is 0 Å². The minimum absolute atomic E-state index is 0.0487. The molecule has 3 nitrogen and oxygen atoms in total. The van der Waals surface area contributed by atoms with Crippen molar-refractivity contribution in [3.05, 3.63) is 99.5 Å². The number of halogens is 2. The fraction of sp³-hybridized carbons (Fsp3) is 0.276. The van der Waals surface area contributed by atoms with Gasteiger partial charge in [0.2, 0.25) is 0 Å². The Morgan fingerprint density at radius 2 is 1.62 bits per heavy atom. The van der Waals surface area contributed by atoms with Crippen LogP contribution in [0.3, 0.4) is 0 Å². The molecular formula is C29H25Cl2NO2. The summed E-state index contributed by atoms with van der Waals surface area (Å²) < 4.78 is 6.01. The van der Waals surface area contributed by atoms with Gasteiger partial charge in [-0.1, -0.05) is 83.9 Å². The Bertz CT molecular complexity index is 1260. The maximum Gasteiger partial charge on any atom is 0.410 e. The van der Waals surface area contributed by atoms with Gasteiger partial charge in [0, 0.05) is 12.0 Å². The highest BCUT2D eigenvalue weighted by Gasteiger charge is 2.39. The van der Waals surface area contributed by atoms with Crippen LogP contribution in [0, 0.1) is 0 Å². The van der Waals surface area contributed by atoms with Gasteiger partial charge in [0.1, 0.15) is 6.61 Å². The molecule has 2 aliphatic heterocycles. The average molecular weight is 490 g/mol. The number of amides is 1. The zero-order chi connectivity index (χ0) is 23.2. The molecule has 5 heteroatoms. The van der Waals surface area contributed by atoms with Crippen molar-refractivity contribution in [2.45, 2.75) is 43.7 Å². The standard InChI is InChI=1S/C29H25Cl2NO2/c30-27-13-12-18(16-28(27)31)19-14-20-6-5-7-21(15-19)32(20)29(33)34-17-26-24-10-3-1-8-22(24)23-9-2-4-11-25(23)26/h1-4,8-14,16,20-21,26H,5-7,15,17H2. The monoisotopic (exact) mass is 489 g/mol. The summed E-state index contributed by atoms with van der Waals surface area (Å²) in [6.07, 6.45) is 5.87. The van der Waals surface area contributed by atoms with Crippen molar-refractivity contribution in [2.75, 3.05) is 6.61 Å². The maximum atomic E-state index is 13.4. The van der Waals surface area contributed by atoms with Gasteiger partial charge in [-0.2, -0.15) is 0 Å². The SMILES string of the molecule is O=C(OCC1c2ccccc2-c2ccccc21)N1C2C=C(c3ccc(Cl)c(Cl)c3)CC1CCC2. The molecule has 6 rings (SSSR count). The fourth-order valence-corrected chi connectivity index (χ4v) is 6.19. The lowest BCUT2D eigenvalue weighted by atomic mass is 9.83. The van der Waals surface area contributed by atoms with Crippen molar-refractivity contribution < 1.29 is 9.53 Å². The van der Waals surface area contributed by atoms with E-state index < -0.39 is 0 Å². The van der Waals surface area contributed by atoms with Crippen LogP contribution in [0.4, 0.5) is 4.79 Å². The van der Waals surface area contributed by atoms with Crippen LogP contribution in [-0.2, 0) is 4.74 Å². The number of benzene rings is 3. The topological polar surface area (TPSA) is 29.5 Å². The Hall–Kier alpha value is -2.75. The van der Waals surface area contributed by atoms with E-state index in [2.05, 4.69) is 54.6 Å². The van der Waals surface area contributed by atoms with E-state index in [-0.39, 0.29) is 24.1 Å². The predicted octanol–water partition coefficient (Wildman–Crippen LogP) is 7.95. The first-order chi connectivity index (χ1) is 16.6. The molecule has 2 heterocycles. The number of ether oxygens (including phenoxy) is 1. The molecule has 0 aromatic heterocycles. The molecule has 1 amide bonds. The van der Waals surface area contributed by atoms with Crippen molar-refractivity contribution in [2.24, 2.45) is 0 Å². The molecule has 3 aromatic rings. The molecule has 3 aliphatic rings. The van der Waals surface area contributed by atoms with Crippen LogP contribution in [-0.4, -0.2) is 29.7 Å². The summed E-state index contributed by atoms with van der Waals surface area (Å²) in [5.74, 6) is 0.0725. The van der Waals surface area contributed by atoms with E-state index in [4.69, 9.17) is 27.9 Å². The zero-order valence-electron chi connectivity index (χ0n) is 18.7. The van der Waals surface area contributed by atoms with Crippen LogP contribution in [0.5, 0.6) is 0 Å². The highest BCUT2D eigenvalue weighted by Crippen LogP contribution is 2.45. The highest BCUT2D eigenvalue weighted by atomic mass is 35.5. The van der Waals surface area contributed by atoms with Crippen LogP contribution < -0.4 is 0 Å². The van der Waals surface area contributed by atoms with E-state index in [1.165, 1.54) is 27.8 Å². The third kappa shape index (κ3) is 3.72. The molecule has 0 spiro atoms. The molecule has 2 bridgehead atoms. The first-order valence-corrected chi connectivity index (χ1v) is 12.6. The van der Waals surface area contributed by atoms with Gasteiger partial charge in [0.25, 0.3) is 0 Å². The number of rotatable bonds is 3. The number of hydrogen-bond donors (Lipinski definition) is 0. The normalized spacial score (nSPS) is 21.0. The zero-order valence-corrected chi connectivity index (χ0v) is 20.2. The maximum absolute atomic E-state index is 13.4. The van der Waals surface area contributed by atoms with Gasteiger partial charge < -0.3 is 4.74 Å². The molecule has 2 unspecified atom stereocenters. The average Bonchev–Trinajstić information content (AvgIpc) is 3.17. The summed E-state index contributed by atoms with van der Waals surface area (Å²) in [6.45, 7) is 0.353. The molecule has 0 radical (unpaired) electrons. The lowest BCUT2D eigenvalue weighted by Gasteiger charge is -2.44. The van der Waals surface area contributed by atoms with Crippen molar-refractivity contribution in [3.63, 3.8) is 0 Å². The molecule has 1 fully saturated rings. The van der Waals surface area contributed by atoms with E-state index >= 15 is 0 Å². The number of piperidine rings is 1. The van der Waals surface area contributed by atoms with E-state index in [1.54, 1.807) is 0 Å². The largest absolute Gasteiger partial charge is 0.448 e. The Morgan fingerprint density at radius 3 is 2.29 bits per heavy atom. The minimum Gasteiger partial charge on any atom is -0.448 e. The van der Waals surface area contributed by atoms with Crippen molar-refractivity contribution >= 4 is 34.9 Å². The third-order valence-electron chi connectivity index (χ3n) is 7.47. The third-order valence-corrected chi connectivity index (χ3v) is 8.21. The van der Waals surface area contributed by atoms with Crippen LogP contribution >= 0.6 is 23.2 Å². The highest BCUT2D eigenvalue weighted by molar-refractivity contribution is 6.42. The Kier molecular flexibility index (Phi) is 5.63. The molecule has 1 aliphatic carbocycles. The number of carbonyl (C=O) groups excluding carboxylic acids is 1. The first-order valence-electron chi connectivity index (χ1n) is 11.9. The van der Waals surface area contributed by atoms with Crippen molar-refractivity contribution in [1.82, 2.24) is 4.90 Å². The summed E-state index contributed by atoms with van der Waals surface area (Å²) in [6, 6.07) is 22.8. The van der Waals surface area contributed by atoms with Gasteiger partial charge in [-0.25, -0.2) is 4.79 Å². The van der Waals surface area contributed by atoms with E-state index in [0.29, 0.717) is 16.7 Å². The van der Waals surface area contributed by atoms with E-state index in [0.717, 1.165) is 31.2 Å². The number of hydrogen-bond acceptors (Lipinski definition) is 2. The second-order valence-corrected chi connectivity index (χ2v) is 10.2. The molecule has 0 N–H and O–H groups in total. The molecule has 34 heavy (non-hydrogen) atoms. The number of carbonyl (C=O) groups is 1. The van der Waals surface area contributed by atoms with Gasteiger partial charge in [0.15, 0.2) is 0 Å². The molecule has 3 aromatic carbocycles. The van der Waals surface area contributed by atoms with Gasteiger partial charge in [-0.05, 0) is 71.2 Å². The van der Waals surface area contributed by atoms with Crippen LogP contribution in [0.25, 0.3) is 16.7 Å². The van der Waals surface area contributed by atoms with Gasteiger partial charge in [-0.3, -0.25) is 4.90 Å². The molecule has 0 saturated carbocycles. The summed E-state index contributed by atoms with van der Waals surface area (Å²) >= 11 is 12.4.